The van der Waals surface area contributed by atoms with Gasteiger partial charge in [-0.05, 0) is 50.3 Å². The molecule has 0 aliphatic rings. The van der Waals surface area contributed by atoms with E-state index in [0.717, 1.165) is 34.0 Å². The second-order valence-electron chi connectivity index (χ2n) is 6.94. The van der Waals surface area contributed by atoms with Crippen molar-refractivity contribution in [1.82, 2.24) is 0 Å². The molecule has 0 N–H and O–H groups in total. The monoisotopic (exact) mass is 349 g/mol. The van der Waals surface area contributed by atoms with Gasteiger partial charge in [0.05, 0.1) is 6.26 Å². The van der Waals surface area contributed by atoms with Crippen LogP contribution in [0.3, 0.4) is 0 Å². The van der Waals surface area contributed by atoms with E-state index in [1.165, 1.54) is 0 Å². The normalized spacial score (nSPS) is 12.2. The maximum Gasteiger partial charge on any atom is 0.242 e. The van der Waals surface area contributed by atoms with Crippen molar-refractivity contribution in [2.75, 3.05) is 0 Å². The summed E-state index contributed by atoms with van der Waals surface area (Å²) in [5.41, 5.74) is 3.76. The van der Waals surface area contributed by atoms with Crippen molar-refractivity contribution >= 4 is 19.7 Å². The summed E-state index contributed by atoms with van der Waals surface area (Å²) in [6, 6.07) is 20.0. The lowest BCUT2D eigenvalue weighted by Crippen LogP contribution is -2.29. The number of aliphatic imine (C=N–C) groups is 1. The Morgan fingerprint density at radius 2 is 1.68 bits per heavy atom. The van der Waals surface area contributed by atoms with Gasteiger partial charge >= 0.3 is 0 Å². The van der Waals surface area contributed by atoms with Crippen LogP contribution in [0.25, 0.3) is 0 Å². The largest absolute Gasteiger partial charge is 0.543 e. The molecular formula is C21H23NO2Si. The molecular weight excluding hydrogens is 326 g/mol. The number of para-hydroxylation sites is 1. The lowest BCUT2D eigenvalue weighted by Gasteiger charge is -2.21. The van der Waals surface area contributed by atoms with Gasteiger partial charge < -0.3 is 8.84 Å². The van der Waals surface area contributed by atoms with Gasteiger partial charge in [0.1, 0.15) is 17.1 Å². The SMILES string of the molecule is Cc1cccc(O[Si](C)(C)C)c1N=C(c1ccccc1)c1ccco1. The van der Waals surface area contributed by atoms with E-state index in [4.69, 9.17) is 13.8 Å². The fourth-order valence-corrected chi connectivity index (χ4v) is 3.40. The summed E-state index contributed by atoms with van der Waals surface area (Å²) >= 11 is 0. The zero-order valence-corrected chi connectivity index (χ0v) is 16.1. The molecule has 1 aromatic heterocycles. The molecule has 1 heterocycles. The summed E-state index contributed by atoms with van der Waals surface area (Å²) in [7, 11) is -1.74. The molecule has 3 rings (SSSR count). The fraction of sp³-hybridized carbons (Fsp3) is 0.190. The maximum absolute atomic E-state index is 6.27. The van der Waals surface area contributed by atoms with Gasteiger partial charge in [-0.3, -0.25) is 0 Å². The zero-order chi connectivity index (χ0) is 17.9. The van der Waals surface area contributed by atoms with Gasteiger partial charge in [0, 0.05) is 5.56 Å². The van der Waals surface area contributed by atoms with Crippen molar-refractivity contribution in [3.8, 4) is 5.75 Å². The van der Waals surface area contributed by atoms with Gasteiger partial charge in [0.25, 0.3) is 0 Å². The van der Waals surface area contributed by atoms with Crippen LogP contribution in [0.4, 0.5) is 5.69 Å². The molecule has 0 unspecified atom stereocenters. The first-order valence-corrected chi connectivity index (χ1v) is 11.8. The van der Waals surface area contributed by atoms with Gasteiger partial charge in [0.2, 0.25) is 8.32 Å². The van der Waals surface area contributed by atoms with Crippen LogP contribution >= 0.6 is 0 Å². The minimum atomic E-state index is -1.74. The Labute approximate surface area is 150 Å². The minimum absolute atomic E-state index is 0.744. The van der Waals surface area contributed by atoms with Crippen molar-refractivity contribution < 1.29 is 8.84 Å². The second kappa shape index (κ2) is 7.11. The highest BCUT2D eigenvalue weighted by Gasteiger charge is 2.20. The molecule has 0 fully saturated rings. The van der Waals surface area contributed by atoms with Gasteiger partial charge in [-0.15, -0.1) is 0 Å². The van der Waals surface area contributed by atoms with Crippen LogP contribution in [-0.4, -0.2) is 14.0 Å². The Morgan fingerprint density at radius 3 is 2.32 bits per heavy atom. The predicted octanol–water partition coefficient (Wildman–Crippen LogP) is 5.97. The highest BCUT2D eigenvalue weighted by atomic mass is 28.4. The standard InChI is InChI=1S/C21H23NO2Si/c1-16-10-8-13-19(24-25(2,3)4)20(16)22-21(18-14-9-15-23-18)17-11-6-5-7-12-17/h5-15H,1-4H3. The van der Waals surface area contributed by atoms with E-state index >= 15 is 0 Å². The van der Waals surface area contributed by atoms with E-state index in [2.05, 4.69) is 32.6 Å². The van der Waals surface area contributed by atoms with Crippen LogP contribution in [0.1, 0.15) is 16.9 Å². The Balaban J connectivity index is 2.16. The molecule has 3 nitrogen and oxygen atoms in total. The molecule has 4 heteroatoms. The van der Waals surface area contributed by atoms with E-state index < -0.39 is 8.32 Å². The third-order valence-corrected chi connectivity index (χ3v) is 4.47. The molecule has 25 heavy (non-hydrogen) atoms. The van der Waals surface area contributed by atoms with Crippen LogP contribution in [0.15, 0.2) is 76.3 Å². The van der Waals surface area contributed by atoms with Crippen LogP contribution < -0.4 is 4.43 Å². The molecule has 0 aliphatic heterocycles. The topological polar surface area (TPSA) is 34.7 Å². The zero-order valence-electron chi connectivity index (χ0n) is 15.1. The Kier molecular flexibility index (Phi) is 4.90. The summed E-state index contributed by atoms with van der Waals surface area (Å²) in [5, 5.41) is 0. The lowest BCUT2D eigenvalue weighted by molar-refractivity contribution is 0.556. The Morgan fingerprint density at radius 1 is 0.920 bits per heavy atom. The van der Waals surface area contributed by atoms with E-state index in [-0.39, 0.29) is 0 Å². The number of hydrogen-bond donors (Lipinski definition) is 0. The first-order valence-electron chi connectivity index (χ1n) is 8.41. The average Bonchev–Trinajstić information content (AvgIpc) is 3.08. The van der Waals surface area contributed by atoms with Gasteiger partial charge in [0.15, 0.2) is 5.76 Å². The maximum atomic E-state index is 6.27. The third-order valence-electron chi connectivity index (χ3n) is 3.64. The molecule has 0 saturated carbocycles. The molecule has 0 saturated heterocycles. The van der Waals surface area contributed by atoms with Gasteiger partial charge in [-0.2, -0.15) is 0 Å². The molecule has 0 atom stereocenters. The smallest absolute Gasteiger partial charge is 0.242 e. The van der Waals surface area contributed by atoms with Crippen molar-refractivity contribution in [2.45, 2.75) is 26.6 Å². The average molecular weight is 350 g/mol. The van der Waals surface area contributed by atoms with Crippen molar-refractivity contribution in [2.24, 2.45) is 4.99 Å². The molecule has 0 bridgehead atoms. The van der Waals surface area contributed by atoms with E-state index in [1.807, 2.05) is 54.6 Å². The first kappa shape index (κ1) is 17.2. The predicted molar refractivity (Wildman–Crippen MR) is 106 cm³/mol. The number of aryl methyl sites for hydroxylation is 1. The third kappa shape index (κ3) is 4.28. The molecule has 0 spiro atoms. The number of rotatable bonds is 5. The molecule has 128 valence electrons. The summed E-state index contributed by atoms with van der Waals surface area (Å²) in [6.07, 6.45) is 1.67. The van der Waals surface area contributed by atoms with Crippen LogP contribution in [-0.2, 0) is 0 Å². The molecule has 0 radical (unpaired) electrons. The van der Waals surface area contributed by atoms with Crippen molar-refractivity contribution in [3.63, 3.8) is 0 Å². The number of benzene rings is 2. The summed E-state index contributed by atoms with van der Waals surface area (Å²) in [5.74, 6) is 1.58. The molecule has 0 amide bonds. The fourth-order valence-electron chi connectivity index (χ4n) is 2.57. The van der Waals surface area contributed by atoms with Crippen molar-refractivity contribution in [1.29, 1.82) is 0 Å². The number of furan rings is 1. The molecule has 0 aliphatic carbocycles. The Bertz CT molecular complexity index is 863. The molecule has 3 aromatic rings. The highest BCUT2D eigenvalue weighted by Crippen LogP contribution is 2.34. The molecule has 2 aromatic carbocycles. The van der Waals surface area contributed by atoms with E-state index in [9.17, 15) is 0 Å². The van der Waals surface area contributed by atoms with Crippen LogP contribution in [0, 0.1) is 6.92 Å². The van der Waals surface area contributed by atoms with Crippen LogP contribution in [0.2, 0.25) is 19.6 Å². The van der Waals surface area contributed by atoms with Crippen molar-refractivity contribution in [3.05, 3.63) is 83.8 Å². The minimum Gasteiger partial charge on any atom is -0.543 e. The van der Waals surface area contributed by atoms with E-state index in [0.29, 0.717) is 0 Å². The summed E-state index contributed by atoms with van der Waals surface area (Å²) in [6.45, 7) is 8.58. The second-order valence-corrected chi connectivity index (χ2v) is 11.4. The summed E-state index contributed by atoms with van der Waals surface area (Å²) < 4.78 is 11.9. The highest BCUT2D eigenvalue weighted by molar-refractivity contribution is 6.70. The first-order chi connectivity index (χ1) is 11.9. The quantitative estimate of drug-likeness (QED) is 0.420. The van der Waals surface area contributed by atoms with Crippen LogP contribution in [0.5, 0.6) is 5.75 Å². The van der Waals surface area contributed by atoms with E-state index in [1.54, 1.807) is 6.26 Å². The number of hydrogen-bond acceptors (Lipinski definition) is 3. The van der Waals surface area contributed by atoms with Gasteiger partial charge in [-0.1, -0.05) is 42.5 Å². The number of nitrogens with zero attached hydrogens (tertiary/aromatic N) is 1. The Hall–Kier alpha value is -2.59. The summed E-state index contributed by atoms with van der Waals surface area (Å²) in [4.78, 5) is 4.98. The van der Waals surface area contributed by atoms with Gasteiger partial charge in [-0.25, -0.2) is 4.99 Å². The lowest BCUT2D eigenvalue weighted by atomic mass is 10.1.